The van der Waals surface area contributed by atoms with E-state index in [1.165, 1.54) is 12.1 Å². The smallest absolute Gasteiger partial charge is 0.220 e. The Kier molecular flexibility index (Phi) is 7.57. The lowest BCUT2D eigenvalue weighted by Crippen LogP contribution is -2.30. The van der Waals surface area contributed by atoms with Gasteiger partial charge in [-0.2, -0.15) is 0 Å². The molecule has 0 spiro atoms. The topological polar surface area (TPSA) is 69.6 Å². The number of hydrogen-bond acceptors (Lipinski definition) is 3. The molecule has 0 unspecified atom stereocenters. The van der Waals surface area contributed by atoms with E-state index in [-0.39, 0.29) is 24.8 Å². The molecule has 0 heterocycles. The van der Waals surface area contributed by atoms with Crippen LogP contribution < -0.4 is 5.32 Å². The molecule has 5 heteroatoms. The lowest BCUT2D eigenvalue weighted by molar-refractivity contribution is -0.122. The molecule has 4 nitrogen and oxygen atoms in total. The molecule has 0 aromatic heterocycles. The summed E-state index contributed by atoms with van der Waals surface area (Å²) in [5.41, 5.74) is 1.72. The van der Waals surface area contributed by atoms with Crippen LogP contribution in [0.4, 0.5) is 4.39 Å². The lowest BCUT2D eigenvalue weighted by atomic mass is 10.0. The lowest BCUT2D eigenvalue weighted by Gasteiger charge is -2.17. The summed E-state index contributed by atoms with van der Waals surface area (Å²) >= 11 is 0. The first-order valence-electron chi connectivity index (χ1n) is 8.46. The molecule has 2 aromatic carbocycles. The SMILES string of the molecule is O=C(CCC[C@H](O)Cc1ccc(F)cc1)N[C@H](CO)c1ccccc1. The Morgan fingerprint density at radius 2 is 1.76 bits per heavy atom. The molecule has 0 bridgehead atoms. The fraction of sp³-hybridized carbons (Fsp3) is 0.350. The summed E-state index contributed by atoms with van der Waals surface area (Å²) in [5.74, 6) is -0.455. The summed E-state index contributed by atoms with van der Waals surface area (Å²) < 4.78 is 12.8. The normalized spacial score (nSPS) is 13.2. The van der Waals surface area contributed by atoms with Crippen LogP contribution in [0, 0.1) is 5.82 Å². The van der Waals surface area contributed by atoms with Gasteiger partial charge >= 0.3 is 0 Å². The molecule has 0 aliphatic rings. The number of benzene rings is 2. The van der Waals surface area contributed by atoms with E-state index in [4.69, 9.17) is 0 Å². The van der Waals surface area contributed by atoms with Crippen molar-refractivity contribution in [2.24, 2.45) is 0 Å². The van der Waals surface area contributed by atoms with Crippen molar-refractivity contribution in [3.05, 3.63) is 71.5 Å². The molecule has 3 N–H and O–H groups in total. The molecule has 0 fully saturated rings. The standard InChI is InChI=1S/C20H24FNO3/c21-17-11-9-15(10-12-17)13-18(24)7-4-8-20(25)22-19(14-23)16-5-2-1-3-6-16/h1-3,5-6,9-12,18-19,23-24H,4,7-8,13-14H2,(H,22,25)/t18-,19+/m0/s1. The van der Waals surface area contributed by atoms with Gasteiger partial charge in [0.2, 0.25) is 5.91 Å². The summed E-state index contributed by atoms with van der Waals surface area (Å²) in [5, 5.41) is 22.3. The zero-order valence-corrected chi connectivity index (χ0v) is 14.1. The van der Waals surface area contributed by atoms with Crippen molar-refractivity contribution in [2.75, 3.05) is 6.61 Å². The number of carbonyl (C=O) groups is 1. The number of amides is 1. The number of aliphatic hydroxyl groups excluding tert-OH is 2. The van der Waals surface area contributed by atoms with E-state index in [0.717, 1.165) is 11.1 Å². The number of carbonyl (C=O) groups excluding carboxylic acids is 1. The maximum absolute atomic E-state index is 12.8. The molecule has 0 aliphatic heterocycles. The minimum absolute atomic E-state index is 0.156. The van der Waals surface area contributed by atoms with E-state index in [9.17, 15) is 19.4 Å². The van der Waals surface area contributed by atoms with Crippen molar-refractivity contribution in [3.63, 3.8) is 0 Å². The largest absolute Gasteiger partial charge is 0.394 e. The maximum Gasteiger partial charge on any atom is 0.220 e. The van der Waals surface area contributed by atoms with Gasteiger partial charge in [-0.15, -0.1) is 0 Å². The maximum atomic E-state index is 12.8. The van der Waals surface area contributed by atoms with E-state index in [1.54, 1.807) is 12.1 Å². The van der Waals surface area contributed by atoms with Gasteiger partial charge in [0.15, 0.2) is 0 Å². The number of halogens is 1. The van der Waals surface area contributed by atoms with E-state index >= 15 is 0 Å². The van der Waals surface area contributed by atoms with E-state index in [2.05, 4.69) is 5.32 Å². The number of nitrogens with one attached hydrogen (secondary N) is 1. The van der Waals surface area contributed by atoms with E-state index in [1.807, 2.05) is 30.3 Å². The molecule has 2 rings (SSSR count). The van der Waals surface area contributed by atoms with Gasteiger partial charge in [-0.05, 0) is 42.5 Å². The second kappa shape index (κ2) is 9.91. The van der Waals surface area contributed by atoms with Gasteiger partial charge in [0.1, 0.15) is 5.82 Å². The number of rotatable bonds is 9. The van der Waals surface area contributed by atoms with Gasteiger partial charge in [0.05, 0.1) is 18.8 Å². The van der Waals surface area contributed by atoms with Gasteiger partial charge in [-0.1, -0.05) is 42.5 Å². The zero-order valence-electron chi connectivity index (χ0n) is 14.1. The predicted molar refractivity (Wildman–Crippen MR) is 94.4 cm³/mol. The first-order chi connectivity index (χ1) is 12.1. The van der Waals surface area contributed by atoms with Crippen LogP contribution in [0.3, 0.4) is 0 Å². The van der Waals surface area contributed by atoms with Crippen LogP contribution in [-0.2, 0) is 11.2 Å². The third kappa shape index (κ3) is 6.64. The Morgan fingerprint density at radius 3 is 2.40 bits per heavy atom. The molecule has 2 aromatic rings. The van der Waals surface area contributed by atoms with Crippen molar-refractivity contribution in [1.82, 2.24) is 5.32 Å². The third-order valence-corrected chi connectivity index (χ3v) is 4.05. The van der Waals surface area contributed by atoms with Crippen LogP contribution >= 0.6 is 0 Å². The van der Waals surface area contributed by atoms with Crippen LogP contribution in [0.1, 0.15) is 36.4 Å². The third-order valence-electron chi connectivity index (χ3n) is 4.05. The van der Waals surface area contributed by atoms with Crippen molar-refractivity contribution in [1.29, 1.82) is 0 Å². The number of hydrogen-bond donors (Lipinski definition) is 3. The molecule has 1 amide bonds. The molecule has 2 atom stereocenters. The summed E-state index contributed by atoms with van der Waals surface area (Å²) in [6.07, 6.45) is 1.18. The quantitative estimate of drug-likeness (QED) is 0.654. The van der Waals surface area contributed by atoms with Gasteiger partial charge in [-0.25, -0.2) is 4.39 Å². The summed E-state index contributed by atoms with van der Waals surface area (Å²) in [7, 11) is 0. The van der Waals surface area contributed by atoms with Gasteiger partial charge in [0.25, 0.3) is 0 Å². The van der Waals surface area contributed by atoms with Crippen molar-refractivity contribution in [2.45, 2.75) is 37.8 Å². The van der Waals surface area contributed by atoms with Crippen LogP contribution in [-0.4, -0.2) is 28.8 Å². The molecular weight excluding hydrogens is 321 g/mol. The second-order valence-electron chi connectivity index (χ2n) is 6.09. The summed E-state index contributed by atoms with van der Waals surface area (Å²) in [6, 6.07) is 14.9. The van der Waals surface area contributed by atoms with Gasteiger partial charge in [-0.3, -0.25) is 4.79 Å². The highest BCUT2D eigenvalue weighted by molar-refractivity contribution is 5.76. The summed E-state index contributed by atoms with van der Waals surface area (Å²) in [6.45, 7) is -0.164. The molecule has 0 aliphatic carbocycles. The average molecular weight is 345 g/mol. The molecule has 0 radical (unpaired) electrons. The van der Waals surface area contributed by atoms with Gasteiger partial charge < -0.3 is 15.5 Å². The average Bonchev–Trinajstić information content (AvgIpc) is 2.62. The first-order valence-corrected chi connectivity index (χ1v) is 8.46. The Morgan fingerprint density at radius 1 is 1.08 bits per heavy atom. The predicted octanol–water partition coefficient (Wildman–Crippen LogP) is 2.75. The highest BCUT2D eigenvalue weighted by Crippen LogP contribution is 2.13. The molecule has 0 saturated heterocycles. The molecular formula is C20H24FNO3. The second-order valence-corrected chi connectivity index (χ2v) is 6.09. The van der Waals surface area contributed by atoms with Crippen molar-refractivity contribution in [3.8, 4) is 0 Å². The molecule has 25 heavy (non-hydrogen) atoms. The monoisotopic (exact) mass is 345 g/mol. The highest BCUT2D eigenvalue weighted by Gasteiger charge is 2.14. The Bertz CT molecular complexity index is 646. The van der Waals surface area contributed by atoms with Crippen LogP contribution in [0.25, 0.3) is 0 Å². The Hall–Kier alpha value is -2.24. The van der Waals surface area contributed by atoms with Crippen LogP contribution in [0.5, 0.6) is 0 Å². The highest BCUT2D eigenvalue weighted by atomic mass is 19.1. The van der Waals surface area contributed by atoms with E-state index in [0.29, 0.717) is 19.3 Å². The first kappa shape index (κ1) is 19.1. The van der Waals surface area contributed by atoms with E-state index < -0.39 is 12.1 Å². The Labute approximate surface area is 147 Å². The fourth-order valence-electron chi connectivity index (χ4n) is 2.68. The molecule has 0 saturated carbocycles. The Balaban J connectivity index is 1.71. The minimum Gasteiger partial charge on any atom is -0.394 e. The molecule has 134 valence electrons. The van der Waals surface area contributed by atoms with Crippen molar-refractivity contribution >= 4 is 5.91 Å². The number of aliphatic hydroxyl groups is 2. The van der Waals surface area contributed by atoms with Crippen LogP contribution in [0.15, 0.2) is 54.6 Å². The van der Waals surface area contributed by atoms with Crippen molar-refractivity contribution < 1.29 is 19.4 Å². The minimum atomic E-state index is -0.568. The van der Waals surface area contributed by atoms with Gasteiger partial charge in [0, 0.05) is 6.42 Å². The van der Waals surface area contributed by atoms with Crippen LogP contribution in [0.2, 0.25) is 0 Å². The zero-order chi connectivity index (χ0) is 18.1. The fourth-order valence-corrected chi connectivity index (χ4v) is 2.68. The summed E-state index contributed by atoms with van der Waals surface area (Å²) in [4.78, 5) is 12.0.